The summed E-state index contributed by atoms with van der Waals surface area (Å²) >= 11 is 0. The molecular weight excluding hydrogens is 220 g/mol. The number of benzene rings is 2. The molecule has 88 valence electrons. The van der Waals surface area contributed by atoms with Crippen molar-refractivity contribution in [1.82, 2.24) is 9.97 Å². The van der Waals surface area contributed by atoms with Crippen molar-refractivity contribution in [2.45, 2.75) is 13.3 Å². The van der Waals surface area contributed by atoms with Gasteiger partial charge in [0.05, 0.1) is 5.69 Å². The number of hydrogen-bond acceptors (Lipinski definition) is 2. The second-order valence-corrected chi connectivity index (χ2v) is 4.31. The molecule has 0 amide bonds. The lowest BCUT2D eigenvalue weighted by molar-refractivity contribution is 1.00. The summed E-state index contributed by atoms with van der Waals surface area (Å²) in [5, 5.41) is 2.50. The van der Waals surface area contributed by atoms with E-state index in [0.717, 1.165) is 23.4 Å². The molecule has 2 aromatic carbocycles. The lowest BCUT2D eigenvalue weighted by Gasteiger charge is -2.04. The molecule has 0 bridgehead atoms. The summed E-state index contributed by atoms with van der Waals surface area (Å²) in [7, 11) is 0. The minimum Gasteiger partial charge on any atom is -0.241 e. The molecule has 2 heteroatoms. The number of fused-ring (bicyclic) bond motifs is 1. The number of hydrogen-bond donors (Lipinski definition) is 0. The molecule has 1 heterocycles. The van der Waals surface area contributed by atoms with E-state index < -0.39 is 0 Å². The highest BCUT2D eigenvalue weighted by Gasteiger charge is 2.02. The Morgan fingerprint density at radius 2 is 1.72 bits per heavy atom. The molecule has 0 aliphatic carbocycles. The highest BCUT2D eigenvalue weighted by atomic mass is 14.8. The van der Waals surface area contributed by atoms with Gasteiger partial charge in [0.2, 0.25) is 0 Å². The largest absolute Gasteiger partial charge is 0.241 e. The van der Waals surface area contributed by atoms with Gasteiger partial charge in [-0.3, -0.25) is 0 Å². The van der Waals surface area contributed by atoms with E-state index in [2.05, 4.69) is 65.4 Å². The first-order chi connectivity index (χ1) is 8.86. The summed E-state index contributed by atoms with van der Waals surface area (Å²) in [5.41, 5.74) is 3.21. The third-order valence-electron chi connectivity index (χ3n) is 3.13. The van der Waals surface area contributed by atoms with Gasteiger partial charge in [-0.2, -0.15) is 0 Å². The monoisotopic (exact) mass is 234 g/mol. The zero-order chi connectivity index (χ0) is 12.4. The Balaban J connectivity index is 2.13. The lowest BCUT2D eigenvalue weighted by Crippen LogP contribution is -1.91. The zero-order valence-corrected chi connectivity index (χ0v) is 10.3. The van der Waals surface area contributed by atoms with Crippen molar-refractivity contribution in [1.29, 1.82) is 0 Å². The Morgan fingerprint density at radius 1 is 0.889 bits per heavy atom. The van der Waals surface area contributed by atoms with Gasteiger partial charge in [0.1, 0.15) is 6.33 Å². The van der Waals surface area contributed by atoms with Crippen LogP contribution < -0.4 is 0 Å². The Morgan fingerprint density at radius 3 is 2.56 bits per heavy atom. The maximum Gasteiger partial charge on any atom is 0.116 e. The standard InChI is InChI=1S/C16H14N2/c1-2-15-10-16(18-11-17-15)14-8-7-12-5-3-4-6-13(12)9-14/h3-11H,2H2,1H3. The molecule has 0 aliphatic heterocycles. The summed E-state index contributed by atoms with van der Waals surface area (Å²) in [6.07, 6.45) is 2.58. The van der Waals surface area contributed by atoms with Gasteiger partial charge in [0.15, 0.2) is 0 Å². The summed E-state index contributed by atoms with van der Waals surface area (Å²) in [5.74, 6) is 0. The van der Waals surface area contributed by atoms with E-state index in [1.165, 1.54) is 10.8 Å². The molecule has 3 rings (SSSR count). The van der Waals surface area contributed by atoms with E-state index >= 15 is 0 Å². The van der Waals surface area contributed by atoms with E-state index in [1.807, 2.05) is 0 Å². The molecule has 0 fully saturated rings. The molecule has 0 spiro atoms. The van der Waals surface area contributed by atoms with Crippen molar-refractivity contribution in [3.05, 3.63) is 60.6 Å². The van der Waals surface area contributed by atoms with Crippen LogP contribution in [0.25, 0.3) is 22.0 Å². The number of nitrogens with zero attached hydrogens (tertiary/aromatic N) is 2. The van der Waals surface area contributed by atoms with Gasteiger partial charge in [-0.05, 0) is 29.3 Å². The van der Waals surface area contributed by atoms with E-state index in [1.54, 1.807) is 6.33 Å². The molecule has 18 heavy (non-hydrogen) atoms. The van der Waals surface area contributed by atoms with Crippen molar-refractivity contribution in [2.24, 2.45) is 0 Å². The van der Waals surface area contributed by atoms with Gasteiger partial charge in [0.25, 0.3) is 0 Å². The molecule has 0 saturated heterocycles. The van der Waals surface area contributed by atoms with Crippen LogP contribution in [0.15, 0.2) is 54.9 Å². The highest BCUT2D eigenvalue weighted by Crippen LogP contribution is 2.23. The average Bonchev–Trinajstić information content (AvgIpc) is 2.47. The van der Waals surface area contributed by atoms with Crippen LogP contribution in [0, 0.1) is 0 Å². The molecule has 1 aromatic heterocycles. The first kappa shape index (κ1) is 10.9. The summed E-state index contributed by atoms with van der Waals surface area (Å²) < 4.78 is 0. The van der Waals surface area contributed by atoms with Gasteiger partial charge in [0, 0.05) is 11.3 Å². The van der Waals surface area contributed by atoms with Crippen LogP contribution in [0.1, 0.15) is 12.6 Å². The van der Waals surface area contributed by atoms with Crippen molar-refractivity contribution < 1.29 is 0 Å². The van der Waals surface area contributed by atoms with Gasteiger partial charge >= 0.3 is 0 Å². The third-order valence-corrected chi connectivity index (χ3v) is 3.13. The Labute approximate surface area is 106 Å². The maximum absolute atomic E-state index is 4.35. The van der Waals surface area contributed by atoms with E-state index in [9.17, 15) is 0 Å². The second-order valence-electron chi connectivity index (χ2n) is 4.31. The van der Waals surface area contributed by atoms with Crippen LogP contribution in [0.2, 0.25) is 0 Å². The highest BCUT2D eigenvalue weighted by molar-refractivity contribution is 5.86. The fourth-order valence-electron chi connectivity index (χ4n) is 2.10. The molecular formula is C16H14N2. The molecule has 0 atom stereocenters. The van der Waals surface area contributed by atoms with Gasteiger partial charge in [-0.25, -0.2) is 9.97 Å². The van der Waals surface area contributed by atoms with Crippen LogP contribution >= 0.6 is 0 Å². The SMILES string of the molecule is CCc1cc(-c2ccc3ccccc3c2)ncn1. The minimum absolute atomic E-state index is 0.934. The first-order valence-corrected chi connectivity index (χ1v) is 6.17. The molecule has 0 N–H and O–H groups in total. The predicted octanol–water partition coefficient (Wildman–Crippen LogP) is 3.86. The van der Waals surface area contributed by atoms with E-state index in [-0.39, 0.29) is 0 Å². The normalized spacial score (nSPS) is 10.7. The Bertz CT molecular complexity index is 689. The van der Waals surface area contributed by atoms with Crippen LogP contribution in [0.5, 0.6) is 0 Å². The fraction of sp³-hybridized carbons (Fsp3) is 0.125. The fourth-order valence-corrected chi connectivity index (χ4v) is 2.10. The van der Waals surface area contributed by atoms with Crippen LogP contribution in [-0.2, 0) is 6.42 Å². The van der Waals surface area contributed by atoms with E-state index in [0.29, 0.717) is 0 Å². The molecule has 0 unspecified atom stereocenters. The second kappa shape index (κ2) is 4.57. The Hall–Kier alpha value is -2.22. The van der Waals surface area contributed by atoms with Crippen molar-refractivity contribution in [3.8, 4) is 11.3 Å². The van der Waals surface area contributed by atoms with E-state index in [4.69, 9.17) is 0 Å². The molecule has 2 nitrogen and oxygen atoms in total. The number of rotatable bonds is 2. The first-order valence-electron chi connectivity index (χ1n) is 6.17. The van der Waals surface area contributed by atoms with Gasteiger partial charge < -0.3 is 0 Å². The van der Waals surface area contributed by atoms with Crippen molar-refractivity contribution >= 4 is 10.8 Å². The zero-order valence-electron chi connectivity index (χ0n) is 10.3. The smallest absolute Gasteiger partial charge is 0.116 e. The van der Waals surface area contributed by atoms with Gasteiger partial charge in [-0.15, -0.1) is 0 Å². The Kier molecular flexibility index (Phi) is 2.77. The van der Waals surface area contributed by atoms with Crippen molar-refractivity contribution in [2.75, 3.05) is 0 Å². The number of aromatic nitrogens is 2. The molecule has 3 aromatic rings. The quantitative estimate of drug-likeness (QED) is 0.673. The molecule has 0 aliphatic rings. The summed E-state index contributed by atoms with van der Waals surface area (Å²) in [6, 6.07) is 16.9. The van der Waals surface area contributed by atoms with Gasteiger partial charge in [-0.1, -0.05) is 43.3 Å². The lowest BCUT2D eigenvalue weighted by atomic mass is 10.0. The van der Waals surface area contributed by atoms with Crippen molar-refractivity contribution in [3.63, 3.8) is 0 Å². The molecule has 0 radical (unpaired) electrons. The summed E-state index contributed by atoms with van der Waals surface area (Å²) in [4.78, 5) is 8.59. The average molecular weight is 234 g/mol. The number of aryl methyl sites for hydroxylation is 1. The maximum atomic E-state index is 4.35. The summed E-state index contributed by atoms with van der Waals surface area (Å²) in [6.45, 7) is 2.10. The minimum atomic E-state index is 0.934. The topological polar surface area (TPSA) is 25.8 Å². The van der Waals surface area contributed by atoms with Crippen LogP contribution in [0.4, 0.5) is 0 Å². The van der Waals surface area contributed by atoms with Crippen LogP contribution in [0.3, 0.4) is 0 Å². The van der Waals surface area contributed by atoms with Crippen LogP contribution in [-0.4, -0.2) is 9.97 Å². The third kappa shape index (κ3) is 1.97. The predicted molar refractivity (Wildman–Crippen MR) is 74.4 cm³/mol. The molecule has 0 saturated carbocycles.